The second-order valence-corrected chi connectivity index (χ2v) is 4.71. The van der Waals surface area contributed by atoms with Gasteiger partial charge in [0.05, 0.1) is 12.7 Å². The SMILES string of the molecule is COc1cc(F)cc(-c2nc(SC)[nH]c(=O)c2C#N)c1O. The molecule has 0 unspecified atom stereocenters. The minimum atomic E-state index is -0.684. The van der Waals surface area contributed by atoms with E-state index in [2.05, 4.69) is 9.97 Å². The molecule has 0 bridgehead atoms. The van der Waals surface area contributed by atoms with Crippen molar-refractivity contribution in [2.24, 2.45) is 0 Å². The number of aromatic amines is 1. The molecule has 0 saturated heterocycles. The molecular formula is C13H10FN3O3S. The number of ether oxygens (including phenoxy) is 1. The third-order valence-corrected chi connectivity index (χ3v) is 3.30. The van der Waals surface area contributed by atoms with Crippen molar-refractivity contribution < 1.29 is 14.2 Å². The maximum absolute atomic E-state index is 13.6. The van der Waals surface area contributed by atoms with Crippen LogP contribution < -0.4 is 10.3 Å². The number of nitriles is 1. The number of thioether (sulfide) groups is 1. The lowest BCUT2D eigenvalue weighted by Crippen LogP contribution is -2.14. The minimum absolute atomic E-state index is 0.0789. The highest BCUT2D eigenvalue weighted by molar-refractivity contribution is 7.98. The van der Waals surface area contributed by atoms with Gasteiger partial charge in [0, 0.05) is 6.07 Å². The van der Waals surface area contributed by atoms with Crippen LogP contribution in [0.5, 0.6) is 11.5 Å². The van der Waals surface area contributed by atoms with Crippen LogP contribution in [0.25, 0.3) is 11.3 Å². The lowest BCUT2D eigenvalue weighted by molar-refractivity contribution is 0.371. The predicted molar refractivity (Wildman–Crippen MR) is 75.0 cm³/mol. The van der Waals surface area contributed by atoms with Gasteiger partial charge in [-0.25, -0.2) is 9.37 Å². The maximum Gasteiger partial charge on any atom is 0.270 e. The summed E-state index contributed by atoms with van der Waals surface area (Å²) in [5.41, 5.74) is -1.14. The van der Waals surface area contributed by atoms with Crippen molar-refractivity contribution in [3.63, 3.8) is 0 Å². The topological polar surface area (TPSA) is 99.0 Å². The number of nitrogens with one attached hydrogen (secondary N) is 1. The van der Waals surface area contributed by atoms with Gasteiger partial charge in [-0.3, -0.25) is 4.79 Å². The molecule has 6 nitrogen and oxygen atoms in total. The summed E-state index contributed by atoms with van der Waals surface area (Å²) in [5.74, 6) is -1.18. The van der Waals surface area contributed by atoms with E-state index in [1.54, 1.807) is 12.3 Å². The van der Waals surface area contributed by atoms with Gasteiger partial charge in [0.2, 0.25) is 0 Å². The van der Waals surface area contributed by atoms with Crippen LogP contribution in [-0.2, 0) is 0 Å². The summed E-state index contributed by atoms with van der Waals surface area (Å²) in [7, 11) is 1.27. The molecule has 0 atom stereocenters. The molecule has 2 aromatic rings. The fraction of sp³-hybridized carbons (Fsp3) is 0.154. The standard InChI is InChI=1S/C13H10FN3O3S/c1-20-9-4-6(14)3-7(11(9)18)10-8(5-15)12(19)17-13(16-10)21-2/h3-4,18H,1-2H3,(H,16,17,19). The molecule has 0 aliphatic carbocycles. The van der Waals surface area contributed by atoms with E-state index in [9.17, 15) is 14.3 Å². The smallest absolute Gasteiger partial charge is 0.270 e. The van der Waals surface area contributed by atoms with Gasteiger partial charge >= 0.3 is 0 Å². The Morgan fingerprint density at radius 3 is 2.81 bits per heavy atom. The summed E-state index contributed by atoms with van der Waals surface area (Å²) in [6, 6.07) is 3.69. The molecule has 0 amide bonds. The summed E-state index contributed by atoms with van der Waals surface area (Å²) in [5, 5.41) is 19.4. The van der Waals surface area contributed by atoms with E-state index in [-0.39, 0.29) is 33.5 Å². The average molecular weight is 307 g/mol. The third kappa shape index (κ3) is 2.68. The molecule has 0 saturated carbocycles. The highest BCUT2D eigenvalue weighted by Gasteiger charge is 2.20. The number of benzene rings is 1. The van der Waals surface area contributed by atoms with Gasteiger partial charge in [-0.05, 0) is 12.3 Å². The number of H-pyrrole nitrogens is 1. The number of methoxy groups -OCH3 is 1. The number of nitrogens with zero attached hydrogens (tertiary/aromatic N) is 2. The molecule has 108 valence electrons. The largest absolute Gasteiger partial charge is 0.504 e. The van der Waals surface area contributed by atoms with E-state index in [0.717, 1.165) is 23.9 Å². The van der Waals surface area contributed by atoms with Crippen LogP contribution in [-0.4, -0.2) is 28.4 Å². The zero-order valence-electron chi connectivity index (χ0n) is 11.1. The fourth-order valence-electron chi connectivity index (χ4n) is 1.76. The van der Waals surface area contributed by atoms with Crippen molar-refractivity contribution in [2.75, 3.05) is 13.4 Å². The Morgan fingerprint density at radius 1 is 1.52 bits per heavy atom. The van der Waals surface area contributed by atoms with Crippen LogP contribution in [0.1, 0.15) is 5.56 Å². The van der Waals surface area contributed by atoms with E-state index >= 15 is 0 Å². The Morgan fingerprint density at radius 2 is 2.24 bits per heavy atom. The molecule has 0 spiro atoms. The van der Waals surface area contributed by atoms with Crippen molar-refractivity contribution in [3.8, 4) is 28.8 Å². The Hall–Kier alpha value is -2.53. The van der Waals surface area contributed by atoms with E-state index in [0.29, 0.717) is 0 Å². The van der Waals surface area contributed by atoms with Crippen molar-refractivity contribution in [1.29, 1.82) is 5.26 Å². The molecule has 21 heavy (non-hydrogen) atoms. The molecule has 0 aliphatic heterocycles. The summed E-state index contributed by atoms with van der Waals surface area (Å²) in [4.78, 5) is 18.3. The molecule has 0 fully saturated rings. The van der Waals surface area contributed by atoms with Crippen molar-refractivity contribution >= 4 is 11.8 Å². The normalized spacial score (nSPS) is 10.2. The van der Waals surface area contributed by atoms with Gasteiger partial charge in [-0.1, -0.05) is 11.8 Å². The molecule has 1 heterocycles. The third-order valence-electron chi connectivity index (χ3n) is 2.72. The predicted octanol–water partition coefficient (Wildman–Crippen LogP) is 1.88. The number of hydrogen-bond acceptors (Lipinski definition) is 6. The van der Waals surface area contributed by atoms with Crippen LogP contribution >= 0.6 is 11.8 Å². The number of rotatable bonds is 3. The second-order valence-electron chi connectivity index (χ2n) is 3.91. The first-order chi connectivity index (χ1) is 10.0. The highest BCUT2D eigenvalue weighted by Crippen LogP contribution is 2.38. The Balaban J connectivity index is 2.84. The van der Waals surface area contributed by atoms with Gasteiger partial charge in [0.25, 0.3) is 5.56 Å². The van der Waals surface area contributed by atoms with E-state index in [1.807, 2.05) is 0 Å². The van der Waals surface area contributed by atoms with Crippen LogP contribution in [0.4, 0.5) is 4.39 Å². The minimum Gasteiger partial charge on any atom is -0.504 e. The zero-order valence-corrected chi connectivity index (χ0v) is 11.9. The summed E-state index contributed by atoms with van der Waals surface area (Å²) >= 11 is 1.15. The van der Waals surface area contributed by atoms with Crippen LogP contribution in [0.2, 0.25) is 0 Å². The van der Waals surface area contributed by atoms with E-state index in [1.165, 1.54) is 7.11 Å². The van der Waals surface area contributed by atoms with Gasteiger partial charge in [-0.15, -0.1) is 0 Å². The van der Waals surface area contributed by atoms with Gasteiger partial charge in [0.1, 0.15) is 23.1 Å². The van der Waals surface area contributed by atoms with Gasteiger partial charge in [0.15, 0.2) is 16.7 Å². The number of hydrogen-bond donors (Lipinski definition) is 2. The Kier molecular flexibility index (Phi) is 4.14. The number of aromatic hydroxyl groups is 1. The first-order valence-corrected chi connectivity index (χ1v) is 6.89. The number of phenols is 1. The lowest BCUT2D eigenvalue weighted by Gasteiger charge is -2.10. The van der Waals surface area contributed by atoms with Crippen molar-refractivity contribution in [3.05, 3.63) is 33.9 Å². The Bertz CT molecular complexity index is 798. The van der Waals surface area contributed by atoms with Crippen LogP contribution in [0.3, 0.4) is 0 Å². The number of aromatic nitrogens is 2. The molecule has 0 radical (unpaired) electrons. The molecule has 2 N–H and O–H groups in total. The number of phenolic OH excluding ortho intramolecular Hbond substituents is 1. The van der Waals surface area contributed by atoms with Gasteiger partial charge in [-0.2, -0.15) is 5.26 Å². The molecule has 1 aromatic heterocycles. The second kappa shape index (κ2) is 5.85. The fourth-order valence-corrected chi connectivity index (χ4v) is 2.14. The number of halogens is 1. The summed E-state index contributed by atoms with van der Waals surface area (Å²) in [6.45, 7) is 0. The molecule has 8 heteroatoms. The maximum atomic E-state index is 13.6. The average Bonchev–Trinajstić information content (AvgIpc) is 2.48. The Labute approximate surface area is 123 Å². The quantitative estimate of drug-likeness (QED) is 0.663. The molecule has 2 rings (SSSR count). The van der Waals surface area contributed by atoms with Crippen molar-refractivity contribution in [2.45, 2.75) is 5.16 Å². The summed E-state index contributed by atoms with van der Waals surface area (Å²) in [6.07, 6.45) is 1.68. The van der Waals surface area contributed by atoms with E-state index in [4.69, 9.17) is 10.00 Å². The van der Waals surface area contributed by atoms with E-state index < -0.39 is 11.4 Å². The highest BCUT2D eigenvalue weighted by atomic mass is 32.2. The zero-order chi connectivity index (χ0) is 15.6. The van der Waals surface area contributed by atoms with Crippen molar-refractivity contribution in [1.82, 2.24) is 9.97 Å². The van der Waals surface area contributed by atoms with Crippen LogP contribution in [0.15, 0.2) is 22.1 Å². The molecule has 0 aliphatic rings. The van der Waals surface area contributed by atoms with Gasteiger partial charge < -0.3 is 14.8 Å². The summed E-state index contributed by atoms with van der Waals surface area (Å²) < 4.78 is 18.5. The molecule has 1 aromatic carbocycles. The first-order valence-electron chi connectivity index (χ1n) is 5.67. The molecular weight excluding hydrogens is 297 g/mol. The van der Waals surface area contributed by atoms with Crippen LogP contribution in [0, 0.1) is 17.1 Å². The monoisotopic (exact) mass is 307 g/mol. The lowest BCUT2D eigenvalue weighted by atomic mass is 10.1. The first kappa shape index (κ1) is 14.9.